The van der Waals surface area contributed by atoms with E-state index in [2.05, 4.69) is 15.3 Å². The smallest absolute Gasteiger partial charge is 0.369 e. The molecule has 0 bridgehead atoms. The zero-order valence-electron chi connectivity index (χ0n) is 15.8. The number of likely N-dealkylation sites (tertiary alicyclic amines) is 2. The summed E-state index contributed by atoms with van der Waals surface area (Å²) in [6.45, 7) is 1.67. The number of hydrogen-bond acceptors (Lipinski definition) is 5. The van der Waals surface area contributed by atoms with Gasteiger partial charge in [0.1, 0.15) is 5.82 Å². The highest BCUT2D eigenvalue weighted by atomic mass is 19.4. The minimum atomic E-state index is -4.21. The zero-order valence-corrected chi connectivity index (χ0v) is 15.8. The number of aromatic nitrogens is 2. The molecular formula is C18H23F3N6O2. The average Bonchev–Trinajstić information content (AvgIpc) is 3.27. The lowest BCUT2D eigenvalue weighted by Gasteiger charge is -2.40. The van der Waals surface area contributed by atoms with E-state index >= 15 is 0 Å². The third-order valence-electron chi connectivity index (χ3n) is 6.17. The molecule has 8 nitrogen and oxygen atoms in total. The molecule has 3 fully saturated rings. The lowest BCUT2D eigenvalue weighted by atomic mass is 9.97. The third kappa shape index (κ3) is 3.82. The molecular weight excluding hydrogens is 389 g/mol. The van der Waals surface area contributed by atoms with Gasteiger partial charge in [0, 0.05) is 38.6 Å². The number of hydrogen-bond donors (Lipinski definition) is 2. The highest BCUT2D eigenvalue weighted by molar-refractivity contribution is 5.80. The van der Waals surface area contributed by atoms with E-state index in [4.69, 9.17) is 5.73 Å². The first kappa shape index (κ1) is 19.7. The summed E-state index contributed by atoms with van der Waals surface area (Å²) in [4.78, 5) is 35.5. The van der Waals surface area contributed by atoms with Crippen LogP contribution in [0.1, 0.15) is 30.9 Å². The van der Waals surface area contributed by atoms with Gasteiger partial charge in [0.05, 0.1) is 29.4 Å². The van der Waals surface area contributed by atoms with Crippen molar-refractivity contribution < 1.29 is 22.8 Å². The minimum Gasteiger partial charge on any atom is -0.369 e. The number of carbonyl (C=O) groups is 2. The number of halogens is 3. The van der Waals surface area contributed by atoms with Crippen molar-refractivity contribution in [3.63, 3.8) is 0 Å². The van der Waals surface area contributed by atoms with Crippen LogP contribution in [0, 0.1) is 11.3 Å². The van der Waals surface area contributed by atoms with Gasteiger partial charge in [-0.1, -0.05) is 0 Å². The fourth-order valence-corrected chi connectivity index (χ4v) is 3.80. The lowest BCUT2D eigenvalue weighted by molar-refractivity contribution is -0.182. The Bertz CT molecular complexity index is 790. The van der Waals surface area contributed by atoms with Crippen molar-refractivity contribution in [3.8, 4) is 0 Å². The summed E-state index contributed by atoms with van der Waals surface area (Å²) in [5, 5.41) is 2.73. The van der Waals surface area contributed by atoms with E-state index in [9.17, 15) is 22.8 Å². The highest BCUT2D eigenvalue weighted by Gasteiger charge is 2.62. The number of rotatable bonds is 5. The topological polar surface area (TPSA) is 104 Å². The molecule has 29 heavy (non-hydrogen) atoms. The molecule has 0 radical (unpaired) electrons. The van der Waals surface area contributed by atoms with Crippen LogP contribution in [-0.2, 0) is 4.79 Å². The molecule has 158 valence electrons. The summed E-state index contributed by atoms with van der Waals surface area (Å²) in [5.74, 6) is -0.311. The molecule has 1 atom stereocenters. The average molecular weight is 412 g/mol. The Morgan fingerprint density at radius 2 is 1.90 bits per heavy atom. The third-order valence-corrected chi connectivity index (χ3v) is 6.17. The van der Waals surface area contributed by atoms with Crippen LogP contribution in [0.3, 0.4) is 0 Å². The number of carbonyl (C=O) groups excluding carboxylic acids is 2. The minimum absolute atomic E-state index is 0.0417. The van der Waals surface area contributed by atoms with Gasteiger partial charge in [-0.2, -0.15) is 13.2 Å². The summed E-state index contributed by atoms with van der Waals surface area (Å²) in [7, 11) is 0. The van der Waals surface area contributed by atoms with Crippen LogP contribution >= 0.6 is 0 Å². The fourth-order valence-electron chi connectivity index (χ4n) is 3.80. The zero-order chi connectivity index (χ0) is 20.8. The molecule has 1 saturated carbocycles. The number of nitrogens with zero attached hydrogens (tertiary/aromatic N) is 4. The van der Waals surface area contributed by atoms with Gasteiger partial charge in [-0.15, -0.1) is 0 Å². The van der Waals surface area contributed by atoms with Crippen molar-refractivity contribution in [2.45, 2.75) is 31.4 Å². The monoisotopic (exact) mass is 412 g/mol. The van der Waals surface area contributed by atoms with Gasteiger partial charge in [-0.25, -0.2) is 9.78 Å². The van der Waals surface area contributed by atoms with Gasteiger partial charge in [0.15, 0.2) is 0 Å². The van der Waals surface area contributed by atoms with Crippen LogP contribution in [-0.4, -0.2) is 70.6 Å². The number of primary amides is 1. The normalized spacial score (nSPS) is 23.6. The van der Waals surface area contributed by atoms with E-state index in [0.29, 0.717) is 44.1 Å². The Hall–Kier alpha value is -2.59. The van der Waals surface area contributed by atoms with Crippen molar-refractivity contribution in [1.82, 2.24) is 19.8 Å². The second-order valence-corrected chi connectivity index (χ2v) is 8.18. The van der Waals surface area contributed by atoms with E-state index in [-0.39, 0.29) is 43.2 Å². The van der Waals surface area contributed by atoms with Crippen molar-refractivity contribution in [1.29, 1.82) is 0 Å². The van der Waals surface area contributed by atoms with Crippen LogP contribution < -0.4 is 11.1 Å². The first-order valence-electron chi connectivity index (χ1n) is 9.64. The molecule has 0 aromatic carbocycles. The maximum absolute atomic E-state index is 13.0. The quantitative estimate of drug-likeness (QED) is 0.764. The van der Waals surface area contributed by atoms with Gasteiger partial charge in [0.25, 0.3) is 0 Å². The van der Waals surface area contributed by atoms with E-state index < -0.39 is 11.6 Å². The predicted molar refractivity (Wildman–Crippen MR) is 96.8 cm³/mol. The van der Waals surface area contributed by atoms with Crippen LogP contribution in [0.5, 0.6) is 0 Å². The Kier molecular flexibility index (Phi) is 4.78. The maximum atomic E-state index is 13.0. The molecule has 11 heteroatoms. The summed E-state index contributed by atoms with van der Waals surface area (Å²) < 4.78 is 38.9. The van der Waals surface area contributed by atoms with E-state index in [0.717, 1.165) is 0 Å². The molecule has 2 saturated heterocycles. The Morgan fingerprint density at radius 1 is 1.17 bits per heavy atom. The molecule has 0 unspecified atom stereocenters. The van der Waals surface area contributed by atoms with Crippen LogP contribution in [0.4, 0.5) is 23.8 Å². The predicted octanol–water partition coefficient (Wildman–Crippen LogP) is 1.56. The molecule has 4 rings (SSSR count). The van der Waals surface area contributed by atoms with Crippen molar-refractivity contribution in [3.05, 3.63) is 18.1 Å². The lowest BCUT2D eigenvalue weighted by Crippen LogP contribution is -2.53. The first-order valence-corrected chi connectivity index (χ1v) is 9.64. The van der Waals surface area contributed by atoms with Crippen molar-refractivity contribution in [2.75, 3.05) is 38.0 Å². The van der Waals surface area contributed by atoms with Crippen molar-refractivity contribution >= 4 is 17.8 Å². The van der Waals surface area contributed by atoms with E-state index in [1.54, 1.807) is 16.0 Å². The Balaban J connectivity index is 1.25. The number of alkyl halides is 3. The van der Waals surface area contributed by atoms with Gasteiger partial charge in [-0.05, 0) is 19.3 Å². The Morgan fingerprint density at radius 3 is 2.41 bits per heavy atom. The summed E-state index contributed by atoms with van der Waals surface area (Å²) in [6.07, 6.45) is -0.364. The number of urea groups is 1. The van der Waals surface area contributed by atoms with E-state index in [1.807, 2.05) is 0 Å². The number of nitrogens with two attached hydrogens (primary N) is 1. The van der Waals surface area contributed by atoms with Gasteiger partial charge in [-0.3, -0.25) is 9.78 Å². The van der Waals surface area contributed by atoms with Gasteiger partial charge < -0.3 is 20.9 Å². The highest BCUT2D eigenvalue weighted by Crippen LogP contribution is 2.57. The molecule has 0 spiro atoms. The van der Waals surface area contributed by atoms with Crippen LogP contribution in [0.15, 0.2) is 12.4 Å². The number of nitrogens with one attached hydrogen (secondary N) is 1. The largest absolute Gasteiger partial charge is 0.396 e. The second kappa shape index (κ2) is 7.03. The molecule has 1 aromatic heterocycles. The first-order chi connectivity index (χ1) is 13.7. The van der Waals surface area contributed by atoms with Crippen LogP contribution in [0.25, 0.3) is 0 Å². The summed E-state index contributed by atoms with van der Waals surface area (Å²) >= 11 is 0. The molecule has 3 aliphatic rings. The molecule has 3 N–H and O–H groups in total. The summed E-state index contributed by atoms with van der Waals surface area (Å²) in [5.41, 5.74) is 4.36. The van der Waals surface area contributed by atoms with Gasteiger partial charge in [0.2, 0.25) is 5.91 Å². The second-order valence-electron chi connectivity index (χ2n) is 8.18. The van der Waals surface area contributed by atoms with Crippen molar-refractivity contribution in [2.24, 2.45) is 17.1 Å². The molecule has 1 aromatic rings. The number of amides is 3. The molecule has 1 aliphatic carbocycles. The SMILES string of the molecule is NC(=O)[C@H]1CCN(C(=O)N2CC(c3cnc(NCC4(C(F)(F)F)CC4)cn3)C2)C1. The van der Waals surface area contributed by atoms with Crippen LogP contribution in [0.2, 0.25) is 0 Å². The fraction of sp³-hybridized carbons (Fsp3) is 0.667. The molecule has 2 aliphatic heterocycles. The van der Waals surface area contributed by atoms with E-state index in [1.165, 1.54) is 6.20 Å². The Labute approximate surface area is 165 Å². The number of anilines is 1. The van der Waals surface area contributed by atoms with Gasteiger partial charge >= 0.3 is 12.2 Å². The standard InChI is InChI=1S/C18H23F3N6O2/c19-18(20,21)17(2-3-17)10-25-14-6-23-13(5-24-14)12-8-27(9-12)16(29)26-4-1-11(7-26)15(22)28/h5-6,11-12H,1-4,7-10H2,(H2,22,28)(H,24,25)/t11-/m0/s1. The maximum Gasteiger partial charge on any atom is 0.396 e. The summed E-state index contributed by atoms with van der Waals surface area (Å²) in [6, 6.07) is -0.113. The molecule has 3 heterocycles. The molecule has 3 amide bonds.